The van der Waals surface area contributed by atoms with Gasteiger partial charge in [0.2, 0.25) is 0 Å². The van der Waals surface area contributed by atoms with Gasteiger partial charge >= 0.3 is 0 Å². The van der Waals surface area contributed by atoms with E-state index in [-0.39, 0.29) is 11.9 Å². The van der Waals surface area contributed by atoms with Crippen LogP contribution in [0.3, 0.4) is 0 Å². The molecule has 0 radical (unpaired) electrons. The van der Waals surface area contributed by atoms with Crippen molar-refractivity contribution in [2.75, 3.05) is 11.9 Å². The van der Waals surface area contributed by atoms with Crippen molar-refractivity contribution in [2.24, 2.45) is 0 Å². The first-order chi connectivity index (χ1) is 10.6. The van der Waals surface area contributed by atoms with Gasteiger partial charge in [0.25, 0.3) is 5.91 Å². The van der Waals surface area contributed by atoms with Crippen LogP contribution in [0, 0.1) is 0 Å². The molecule has 0 aliphatic carbocycles. The van der Waals surface area contributed by atoms with Gasteiger partial charge in [-0.2, -0.15) is 0 Å². The second-order valence-electron chi connectivity index (χ2n) is 5.72. The van der Waals surface area contributed by atoms with E-state index in [9.17, 15) is 4.79 Å². The molecule has 4 heteroatoms. The highest BCUT2D eigenvalue weighted by Gasteiger charge is 2.13. The van der Waals surface area contributed by atoms with Crippen LogP contribution in [0.2, 0.25) is 0 Å². The van der Waals surface area contributed by atoms with E-state index >= 15 is 0 Å². The van der Waals surface area contributed by atoms with Gasteiger partial charge in [0.15, 0.2) is 12.3 Å². The van der Waals surface area contributed by atoms with Crippen molar-refractivity contribution in [3.63, 3.8) is 0 Å². The average molecular weight is 301 g/mol. The summed E-state index contributed by atoms with van der Waals surface area (Å²) < 4.78 is 5.33. The molecule has 0 fully saturated rings. The second kappa shape index (κ2) is 7.80. The smallest absolute Gasteiger partial charge is 0.279 e. The van der Waals surface area contributed by atoms with Gasteiger partial charge in [-0.1, -0.05) is 26.0 Å². The van der Waals surface area contributed by atoms with E-state index in [2.05, 4.69) is 31.3 Å². The van der Waals surface area contributed by atoms with Gasteiger partial charge in [0.05, 0.1) is 6.26 Å². The van der Waals surface area contributed by atoms with Crippen LogP contribution in [0.25, 0.3) is 0 Å². The first kappa shape index (κ1) is 16.3. The quantitative estimate of drug-likeness (QED) is 0.825. The number of hydrogen-bond donors (Lipinski definition) is 2. The molecule has 0 saturated carbocycles. The lowest BCUT2D eigenvalue weighted by Gasteiger charge is -2.11. The zero-order valence-electron chi connectivity index (χ0n) is 13.5. The summed E-state index contributed by atoms with van der Waals surface area (Å²) in [6.07, 6.45) is 2.77. The number of nitrogens with one attached hydrogen (secondary N) is 1. The van der Waals surface area contributed by atoms with E-state index in [1.54, 1.807) is 6.26 Å². The summed E-state index contributed by atoms with van der Waals surface area (Å²) >= 11 is 0. The molecule has 1 aromatic carbocycles. The second-order valence-corrected chi connectivity index (χ2v) is 5.72. The topological polar surface area (TPSA) is 58.9 Å². The Morgan fingerprint density at radius 3 is 2.55 bits per heavy atom. The largest absolute Gasteiger partial charge is 0.463 e. The predicted molar refractivity (Wildman–Crippen MR) is 87.7 cm³/mol. The standard InChI is InChI=1S/C18H24N2O2/c1-4-13(2)15-7-9-16(10-8-15)20-18(21)12-19-14(3)17-6-5-11-22-17/h5-11,13-14,19H,4,12H2,1-3H3,(H,20,21)/p+1/t13-,14+/m0/s1. The molecule has 22 heavy (non-hydrogen) atoms. The van der Waals surface area contributed by atoms with Gasteiger partial charge in [-0.15, -0.1) is 0 Å². The fourth-order valence-electron chi connectivity index (χ4n) is 2.29. The number of rotatable bonds is 7. The number of carbonyl (C=O) groups excluding carboxylic acids is 1. The summed E-state index contributed by atoms with van der Waals surface area (Å²) in [7, 11) is 0. The first-order valence-electron chi connectivity index (χ1n) is 7.86. The molecule has 0 aliphatic rings. The number of carbonyl (C=O) groups is 1. The fourth-order valence-corrected chi connectivity index (χ4v) is 2.29. The number of quaternary nitrogens is 1. The minimum absolute atomic E-state index is 0.00491. The molecular formula is C18H25N2O2+. The SMILES string of the molecule is CC[C@H](C)c1ccc(NC(=O)C[NH2+][C@H](C)c2ccco2)cc1. The van der Waals surface area contributed by atoms with Crippen molar-refractivity contribution in [3.05, 3.63) is 54.0 Å². The lowest BCUT2D eigenvalue weighted by Crippen LogP contribution is -2.86. The average Bonchev–Trinajstić information content (AvgIpc) is 3.07. The van der Waals surface area contributed by atoms with Gasteiger partial charge in [-0.25, -0.2) is 0 Å². The summed E-state index contributed by atoms with van der Waals surface area (Å²) in [5.74, 6) is 1.42. The normalized spacial score (nSPS) is 13.6. The molecule has 3 N–H and O–H groups in total. The van der Waals surface area contributed by atoms with Crippen LogP contribution < -0.4 is 10.6 Å². The fraction of sp³-hybridized carbons (Fsp3) is 0.389. The highest BCUT2D eigenvalue weighted by atomic mass is 16.3. The molecule has 118 valence electrons. The Labute approximate surface area is 131 Å². The Morgan fingerprint density at radius 2 is 1.95 bits per heavy atom. The van der Waals surface area contributed by atoms with Crippen LogP contribution in [0.1, 0.15) is 50.5 Å². The minimum Gasteiger partial charge on any atom is -0.463 e. The molecule has 0 aliphatic heterocycles. The molecule has 0 unspecified atom stereocenters. The molecule has 2 atom stereocenters. The third-order valence-electron chi connectivity index (χ3n) is 4.02. The number of amides is 1. The molecule has 2 rings (SSSR count). The maximum Gasteiger partial charge on any atom is 0.279 e. The van der Waals surface area contributed by atoms with Crippen LogP contribution in [0.5, 0.6) is 0 Å². The lowest BCUT2D eigenvalue weighted by molar-refractivity contribution is -0.684. The van der Waals surface area contributed by atoms with Gasteiger partial charge in [0, 0.05) is 5.69 Å². The van der Waals surface area contributed by atoms with Crippen molar-refractivity contribution in [1.82, 2.24) is 0 Å². The zero-order valence-corrected chi connectivity index (χ0v) is 13.5. The van der Waals surface area contributed by atoms with E-state index in [1.165, 1.54) is 5.56 Å². The maximum atomic E-state index is 12.0. The van der Waals surface area contributed by atoms with E-state index < -0.39 is 0 Å². The Balaban J connectivity index is 1.81. The summed E-state index contributed by atoms with van der Waals surface area (Å²) in [5.41, 5.74) is 2.15. The lowest BCUT2D eigenvalue weighted by atomic mass is 9.99. The monoisotopic (exact) mass is 301 g/mol. The molecular weight excluding hydrogens is 276 g/mol. The van der Waals surface area contributed by atoms with Crippen molar-refractivity contribution < 1.29 is 14.5 Å². The van der Waals surface area contributed by atoms with E-state index in [0.29, 0.717) is 12.5 Å². The van der Waals surface area contributed by atoms with Crippen molar-refractivity contribution >= 4 is 11.6 Å². The molecule has 0 spiro atoms. The maximum absolute atomic E-state index is 12.0. The van der Waals surface area contributed by atoms with Crippen molar-refractivity contribution in [3.8, 4) is 0 Å². The molecule has 4 nitrogen and oxygen atoms in total. The third kappa shape index (κ3) is 4.46. The van der Waals surface area contributed by atoms with Gasteiger partial charge in [-0.05, 0) is 49.1 Å². The van der Waals surface area contributed by atoms with Crippen molar-refractivity contribution in [2.45, 2.75) is 39.2 Å². The number of nitrogens with two attached hydrogens (primary N) is 1. The van der Waals surface area contributed by atoms with Gasteiger partial charge < -0.3 is 15.1 Å². The highest BCUT2D eigenvalue weighted by Crippen LogP contribution is 2.20. The summed E-state index contributed by atoms with van der Waals surface area (Å²) in [5, 5.41) is 4.89. The first-order valence-corrected chi connectivity index (χ1v) is 7.86. The Morgan fingerprint density at radius 1 is 1.23 bits per heavy atom. The summed E-state index contributed by atoms with van der Waals surface area (Å²) in [4.78, 5) is 12.0. The highest BCUT2D eigenvalue weighted by molar-refractivity contribution is 5.91. The van der Waals surface area contributed by atoms with Crippen LogP contribution >= 0.6 is 0 Å². The third-order valence-corrected chi connectivity index (χ3v) is 4.02. The summed E-state index contributed by atoms with van der Waals surface area (Å²) in [6, 6.07) is 12.0. The Bertz CT molecular complexity index is 576. The molecule has 0 bridgehead atoms. The van der Waals surface area contributed by atoms with Gasteiger partial charge in [0.1, 0.15) is 6.04 Å². The number of hydrogen-bond acceptors (Lipinski definition) is 2. The van der Waals surface area contributed by atoms with Crippen LogP contribution in [0.15, 0.2) is 47.1 Å². The zero-order chi connectivity index (χ0) is 15.9. The van der Waals surface area contributed by atoms with Crippen LogP contribution in [0.4, 0.5) is 5.69 Å². The van der Waals surface area contributed by atoms with E-state index in [4.69, 9.17) is 4.42 Å². The van der Waals surface area contributed by atoms with E-state index in [0.717, 1.165) is 17.9 Å². The number of anilines is 1. The predicted octanol–water partition coefficient (Wildman–Crippen LogP) is 3.06. The number of furan rings is 1. The van der Waals surface area contributed by atoms with Gasteiger partial charge in [-0.3, -0.25) is 4.79 Å². The Kier molecular flexibility index (Phi) is 5.78. The molecule has 1 amide bonds. The van der Waals surface area contributed by atoms with Crippen LogP contribution in [-0.4, -0.2) is 12.5 Å². The minimum atomic E-state index is -0.00491. The number of benzene rings is 1. The molecule has 1 aromatic heterocycles. The van der Waals surface area contributed by atoms with Crippen LogP contribution in [-0.2, 0) is 4.79 Å². The molecule has 2 aromatic rings. The Hall–Kier alpha value is -2.07. The molecule has 0 saturated heterocycles. The van der Waals surface area contributed by atoms with E-state index in [1.807, 2.05) is 36.5 Å². The molecule has 1 heterocycles. The van der Waals surface area contributed by atoms with Crippen molar-refractivity contribution in [1.29, 1.82) is 0 Å². The summed E-state index contributed by atoms with van der Waals surface area (Å²) in [6.45, 7) is 6.77.